The molecule has 0 unspecified atom stereocenters. The molecule has 1 amide bonds. The molecule has 2 atom stereocenters. The molecule has 3 N–H and O–H groups in total. The summed E-state index contributed by atoms with van der Waals surface area (Å²) in [5.41, 5.74) is 0. The van der Waals surface area contributed by atoms with Crippen molar-refractivity contribution >= 4 is 5.91 Å². The maximum Gasteiger partial charge on any atom is 0.224 e. The quantitative estimate of drug-likeness (QED) is 0.592. The molecule has 1 fully saturated rings. The molecular weight excluding hydrogens is 180 g/mol. The summed E-state index contributed by atoms with van der Waals surface area (Å²) in [6, 6.07) is -0.0792. The average Bonchev–Trinajstić information content (AvgIpc) is 2.26. The monoisotopic (exact) mass is 200 g/mol. The molecule has 4 heteroatoms. The topological polar surface area (TPSA) is 61.4 Å². The third kappa shape index (κ3) is 3.27. The lowest BCUT2D eigenvalue weighted by atomic mass is 9.98. The Hall–Kier alpha value is -0.610. The van der Waals surface area contributed by atoms with Gasteiger partial charge in [0.15, 0.2) is 0 Å². The smallest absolute Gasteiger partial charge is 0.224 e. The van der Waals surface area contributed by atoms with E-state index in [0.717, 1.165) is 32.4 Å². The Kier molecular flexibility index (Phi) is 4.90. The van der Waals surface area contributed by atoms with E-state index in [0.29, 0.717) is 0 Å². The second-order valence-corrected chi connectivity index (χ2v) is 3.84. The second kappa shape index (κ2) is 5.98. The number of aliphatic hydroxyl groups is 1. The van der Waals surface area contributed by atoms with Gasteiger partial charge in [-0.05, 0) is 25.8 Å². The highest BCUT2D eigenvalue weighted by Gasteiger charge is 2.22. The number of hydrogen-bond acceptors (Lipinski definition) is 3. The van der Waals surface area contributed by atoms with Crippen LogP contribution in [-0.4, -0.2) is 36.8 Å². The number of piperidine rings is 1. The van der Waals surface area contributed by atoms with Crippen molar-refractivity contribution < 1.29 is 9.90 Å². The van der Waals surface area contributed by atoms with Gasteiger partial charge in [0, 0.05) is 6.54 Å². The summed E-state index contributed by atoms with van der Waals surface area (Å²) in [6.45, 7) is 3.78. The minimum atomic E-state index is -0.0792. The third-order valence-electron chi connectivity index (χ3n) is 2.73. The standard InChI is InChI=1S/C10H20N2O2/c1-2-9(7-13)12-10(14)8-4-3-5-11-6-8/h8-9,11,13H,2-7H2,1H3,(H,12,14)/t8-,9+/m0/s1. The molecule has 0 aromatic rings. The average molecular weight is 200 g/mol. The van der Waals surface area contributed by atoms with Crippen LogP contribution in [0, 0.1) is 5.92 Å². The number of rotatable bonds is 4. The fraction of sp³-hybridized carbons (Fsp3) is 0.900. The Bertz CT molecular complexity index is 175. The highest BCUT2D eigenvalue weighted by atomic mass is 16.3. The van der Waals surface area contributed by atoms with Crippen molar-refractivity contribution in [2.24, 2.45) is 5.92 Å². The summed E-state index contributed by atoms with van der Waals surface area (Å²) < 4.78 is 0. The molecular formula is C10H20N2O2. The summed E-state index contributed by atoms with van der Waals surface area (Å²) in [5, 5.41) is 15.0. The Morgan fingerprint density at radius 1 is 1.71 bits per heavy atom. The lowest BCUT2D eigenvalue weighted by Crippen LogP contribution is -2.45. The van der Waals surface area contributed by atoms with E-state index in [-0.39, 0.29) is 24.5 Å². The summed E-state index contributed by atoms with van der Waals surface area (Å²) >= 11 is 0. The highest BCUT2D eigenvalue weighted by Crippen LogP contribution is 2.10. The van der Waals surface area contributed by atoms with Gasteiger partial charge < -0.3 is 15.7 Å². The lowest BCUT2D eigenvalue weighted by Gasteiger charge is -2.24. The van der Waals surface area contributed by atoms with Gasteiger partial charge in [-0.25, -0.2) is 0 Å². The number of amides is 1. The maximum atomic E-state index is 11.7. The summed E-state index contributed by atoms with van der Waals surface area (Å²) in [6.07, 6.45) is 2.80. The van der Waals surface area contributed by atoms with E-state index < -0.39 is 0 Å². The fourth-order valence-corrected chi connectivity index (χ4v) is 1.67. The van der Waals surface area contributed by atoms with Gasteiger partial charge >= 0.3 is 0 Å². The first kappa shape index (κ1) is 11.5. The Labute approximate surface area is 85.1 Å². The maximum absolute atomic E-state index is 11.7. The summed E-state index contributed by atoms with van der Waals surface area (Å²) in [7, 11) is 0. The zero-order valence-corrected chi connectivity index (χ0v) is 8.75. The van der Waals surface area contributed by atoms with E-state index in [9.17, 15) is 4.79 Å². The van der Waals surface area contributed by atoms with Gasteiger partial charge in [0.25, 0.3) is 0 Å². The molecule has 4 nitrogen and oxygen atoms in total. The van der Waals surface area contributed by atoms with Crippen LogP contribution in [0.2, 0.25) is 0 Å². The predicted octanol–water partition coefficient (Wildman–Crippen LogP) is -0.127. The Morgan fingerprint density at radius 3 is 3.00 bits per heavy atom. The molecule has 82 valence electrons. The Balaban J connectivity index is 2.32. The van der Waals surface area contributed by atoms with Crippen molar-refractivity contribution in [3.05, 3.63) is 0 Å². The molecule has 0 aromatic heterocycles. The van der Waals surface area contributed by atoms with Crippen LogP contribution in [0.1, 0.15) is 26.2 Å². The largest absolute Gasteiger partial charge is 0.394 e. The van der Waals surface area contributed by atoms with Crippen molar-refractivity contribution in [2.75, 3.05) is 19.7 Å². The summed E-state index contributed by atoms with van der Waals surface area (Å²) in [5.74, 6) is 0.169. The van der Waals surface area contributed by atoms with E-state index in [4.69, 9.17) is 5.11 Å². The minimum absolute atomic E-state index is 0.0301. The molecule has 1 aliphatic rings. The predicted molar refractivity (Wildman–Crippen MR) is 54.9 cm³/mol. The minimum Gasteiger partial charge on any atom is -0.394 e. The summed E-state index contributed by atoms with van der Waals surface area (Å²) in [4.78, 5) is 11.7. The molecule has 1 saturated heterocycles. The van der Waals surface area contributed by atoms with Gasteiger partial charge in [0.1, 0.15) is 0 Å². The first-order chi connectivity index (χ1) is 6.77. The first-order valence-corrected chi connectivity index (χ1v) is 5.39. The molecule has 0 bridgehead atoms. The van der Waals surface area contributed by atoms with Crippen LogP contribution in [0.25, 0.3) is 0 Å². The van der Waals surface area contributed by atoms with E-state index >= 15 is 0 Å². The van der Waals surface area contributed by atoms with Gasteiger partial charge in [-0.3, -0.25) is 4.79 Å². The number of carbonyl (C=O) groups is 1. The fourth-order valence-electron chi connectivity index (χ4n) is 1.67. The Morgan fingerprint density at radius 2 is 2.50 bits per heavy atom. The van der Waals surface area contributed by atoms with Crippen LogP contribution in [-0.2, 0) is 4.79 Å². The molecule has 14 heavy (non-hydrogen) atoms. The molecule has 0 aromatic carbocycles. The zero-order chi connectivity index (χ0) is 10.4. The van der Waals surface area contributed by atoms with Crippen molar-refractivity contribution in [3.8, 4) is 0 Å². The second-order valence-electron chi connectivity index (χ2n) is 3.84. The highest BCUT2D eigenvalue weighted by molar-refractivity contribution is 5.79. The molecule has 0 spiro atoms. The number of nitrogens with one attached hydrogen (secondary N) is 2. The van der Waals surface area contributed by atoms with Crippen LogP contribution < -0.4 is 10.6 Å². The zero-order valence-electron chi connectivity index (χ0n) is 8.75. The van der Waals surface area contributed by atoms with Gasteiger partial charge in [0.05, 0.1) is 18.6 Å². The number of carbonyl (C=O) groups excluding carboxylic acids is 1. The molecule has 1 rings (SSSR count). The van der Waals surface area contributed by atoms with Gasteiger partial charge in [0.2, 0.25) is 5.91 Å². The van der Waals surface area contributed by atoms with E-state index in [1.807, 2.05) is 6.92 Å². The van der Waals surface area contributed by atoms with Gasteiger partial charge in [-0.1, -0.05) is 6.92 Å². The van der Waals surface area contributed by atoms with Crippen LogP contribution in [0.4, 0.5) is 0 Å². The van der Waals surface area contributed by atoms with E-state index in [1.54, 1.807) is 0 Å². The first-order valence-electron chi connectivity index (χ1n) is 5.39. The van der Waals surface area contributed by atoms with Crippen molar-refractivity contribution in [3.63, 3.8) is 0 Å². The SMILES string of the molecule is CC[C@H](CO)NC(=O)[C@H]1CCCNC1. The van der Waals surface area contributed by atoms with Crippen LogP contribution >= 0.6 is 0 Å². The van der Waals surface area contributed by atoms with E-state index in [2.05, 4.69) is 10.6 Å². The van der Waals surface area contributed by atoms with Crippen LogP contribution in [0.5, 0.6) is 0 Å². The number of hydrogen-bond donors (Lipinski definition) is 3. The van der Waals surface area contributed by atoms with Gasteiger partial charge in [-0.2, -0.15) is 0 Å². The molecule has 0 saturated carbocycles. The third-order valence-corrected chi connectivity index (χ3v) is 2.73. The molecule has 1 aliphatic heterocycles. The van der Waals surface area contributed by atoms with Crippen LogP contribution in [0.15, 0.2) is 0 Å². The number of aliphatic hydroxyl groups excluding tert-OH is 1. The molecule has 0 radical (unpaired) electrons. The van der Waals surface area contributed by atoms with Crippen molar-refractivity contribution in [2.45, 2.75) is 32.2 Å². The molecule has 0 aliphatic carbocycles. The van der Waals surface area contributed by atoms with Crippen molar-refractivity contribution in [1.29, 1.82) is 0 Å². The lowest BCUT2D eigenvalue weighted by molar-refractivity contribution is -0.126. The van der Waals surface area contributed by atoms with Gasteiger partial charge in [-0.15, -0.1) is 0 Å². The van der Waals surface area contributed by atoms with Crippen LogP contribution in [0.3, 0.4) is 0 Å². The molecule has 1 heterocycles. The van der Waals surface area contributed by atoms with E-state index in [1.165, 1.54) is 0 Å². The normalized spacial score (nSPS) is 24.3. The van der Waals surface area contributed by atoms with Crippen molar-refractivity contribution in [1.82, 2.24) is 10.6 Å².